The normalized spacial score (nSPS) is 36.5. The maximum atomic E-state index is 11.8. The van der Waals surface area contributed by atoms with Crippen LogP contribution in [0.15, 0.2) is 0 Å². The monoisotopic (exact) mass is 287 g/mol. The van der Waals surface area contributed by atoms with Gasteiger partial charge in [-0.25, -0.2) is 8.42 Å². The molecule has 108 valence electrons. The molecule has 2 atom stereocenters. The lowest BCUT2D eigenvalue weighted by molar-refractivity contribution is -0.131. The highest BCUT2D eigenvalue weighted by molar-refractivity contribution is 7.91. The second kappa shape index (κ2) is 5.03. The van der Waals surface area contributed by atoms with Gasteiger partial charge >= 0.3 is 0 Å². The molecular formula is C12H21N3O3S. The third-order valence-electron chi connectivity index (χ3n) is 4.56. The second-order valence-corrected chi connectivity index (χ2v) is 8.02. The standard InChI is InChI=1S/C12H21N3O3S/c16-12-11-2-1-10(9-15(11)4-3-13-12)14-5-7-19(17,18)8-6-14/h10-11H,1-9H2,(H,13,16)/t10?,11-/m0/s1. The van der Waals surface area contributed by atoms with E-state index in [1.54, 1.807) is 0 Å². The molecular weight excluding hydrogens is 266 g/mol. The molecule has 3 saturated heterocycles. The molecule has 1 N–H and O–H groups in total. The van der Waals surface area contributed by atoms with Gasteiger partial charge in [0.15, 0.2) is 9.84 Å². The van der Waals surface area contributed by atoms with E-state index in [0.29, 0.717) is 19.1 Å². The van der Waals surface area contributed by atoms with Crippen molar-refractivity contribution in [3.63, 3.8) is 0 Å². The number of sulfone groups is 1. The largest absolute Gasteiger partial charge is 0.353 e. The molecule has 3 heterocycles. The summed E-state index contributed by atoms with van der Waals surface area (Å²) in [5.41, 5.74) is 0. The van der Waals surface area contributed by atoms with Crippen molar-refractivity contribution in [3.05, 3.63) is 0 Å². The van der Waals surface area contributed by atoms with Gasteiger partial charge in [0.1, 0.15) is 0 Å². The van der Waals surface area contributed by atoms with Crippen molar-refractivity contribution in [3.8, 4) is 0 Å². The Balaban J connectivity index is 1.61. The Morgan fingerprint density at radius 2 is 1.79 bits per heavy atom. The lowest BCUT2D eigenvalue weighted by Crippen LogP contribution is -2.62. The van der Waals surface area contributed by atoms with E-state index < -0.39 is 9.84 Å². The number of carbonyl (C=O) groups excluding carboxylic acids is 1. The molecule has 19 heavy (non-hydrogen) atoms. The van der Waals surface area contributed by atoms with Gasteiger partial charge in [-0.3, -0.25) is 14.6 Å². The van der Waals surface area contributed by atoms with Crippen LogP contribution in [0.25, 0.3) is 0 Å². The lowest BCUT2D eigenvalue weighted by Gasteiger charge is -2.45. The molecule has 3 fully saturated rings. The first-order valence-electron chi connectivity index (χ1n) is 7.01. The molecule has 1 unspecified atom stereocenters. The van der Waals surface area contributed by atoms with Crippen molar-refractivity contribution in [1.82, 2.24) is 15.1 Å². The Kier molecular flexibility index (Phi) is 3.53. The van der Waals surface area contributed by atoms with E-state index in [4.69, 9.17) is 0 Å². The van der Waals surface area contributed by atoms with Gasteiger partial charge in [0, 0.05) is 38.8 Å². The molecule has 0 aromatic heterocycles. The predicted octanol–water partition coefficient (Wildman–Crippen LogP) is -1.32. The Morgan fingerprint density at radius 1 is 1.05 bits per heavy atom. The lowest BCUT2D eigenvalue weighted by atomic mass is 9.95. The van der Waals surface area contributed by atoms with Gasteiger partial charge in [-0.15, -0.1) is 0 Å². The Labute approximate surface area is 114 Å². The minimum absolute atomic E-state index is 0.0403. The van der Waals surface area contributed by atoms with Gasteiger partial charge in [0.25, 0.3) is 0 Å². The summed E-state index contributed by atoms with van der Waals surface area (Å²) in [5.74, 6) is 0.729. The summed E-state index contributed by atoms with van der Waals surface area (Å²) in [6, 6.07) is 0.455. The summed E-state index contributed by atoms with van der Waals surface area (Å²) >= 11 is 0. The molecule has 0 radical (unpaired) electrons. The number of piperazine rings is 1. The number of rotatable bonds is 1. The summed E-state index contributed by atoms with van der Waals surface area (Å²) in [6.45, 7) is 3.85. The van der Waals surface area contributed by atoms with Crippen LogP contribution in [0.4, 0.5) is 0 Å². The fourth-order valence-electron chi connectivity index (χ4n) is 3.40. The average Bonchev–Trinajstić information content (AvgIpc) is 2.38. The van der Waals surface area contributed by atoms with E-state index in [9.17, 15) is 13.2 Å². The van der Waals surface area contributed by atoms with Crippen molar-refractivity contribution in [2.24, 2.45) is 0 Å². The van der Waals surface area contributed by atoms with Crippen molar-refractivity contribution in [2.75, 3.05) is 44.2 Å². The van der Waals surface area contributed by atoms with Crippen molar-refractivity contribution in [1.29, 1.82) is 0 Å². The average molecular weight is 287 g/mol. The van der Waals surface area contributed by atoms with Crippen LogP contribution in [0.2, 0.25) is 0 Å². The van der Waals surface area contributed by atoms with E-state index in [2.05, 4.69) is 15.1 Å². The molecule has 0 spiro atoms. The van der Waals surface area contributed by atoms with Gasteiger partial charge < -0.3 is 5.32 Å². The SMILES string of the molecule is O=C1NCCN2CC(N3CCS(=O)(=O)CC3)CC[C@@H]12. The van der Waals surface area contributed by atoms with Gasteiger partial charge in [-0.2, -0.15) is 0 Å². The van der Waals surface area contributed by atoms with Crippen LogP contribution in [-0.4, -0.2) is 80.4 Å². The first-order chi connectivity index (χ1) is 9.05. The molecule has 3 aliphatic heterocycles. The zero-order chi connectivity index (χ0) is 13.5. The fraction of sp³-hybridized carbons (Fsp3) is 0.917. The highest BCUT2D eigenvalue weighted by Crippen LogP contribution is 2.23. The number of carbonyl (C=O) groups is 1. The molecule has 0 aromatic rings. The maximum absolute atomic E-state index is 11.8. The first-order valence-corrected chi connectivity index (χ1v) is 8.83. The minimum Gasteiger partial charge on any atom is -0.353 e. The molecule has 1 amide bonds. The molecule has 6 nitrogen and oxygen atoms in total. The fourth-order valence-corrected chi connectivity index (χ4v) is 4.63. The zero-order valence-electron chi connectivity index (χ0n) is 11.0. The van der Waals surface area contributed by atoms with E-state index in [-0.39, 0.29) is 23.5 Å². The van der Waals surface area contributed by atoms with E-state index in [1.807, 2.05) is 0 Å². The highest BCUT2D eigenvalue weighted by atomic mass is 32.2. The van der Waals surface area contributed by atoms with Gasteiger partial charge in [0.05, 0.1) is 17.5 Å². The van der Waals surface area contributed by atoms with Crippen molar-refractivity contribution >= 4 is 15.7 Å². The van der Waals surface area contributed by atoms with Gasteiger partial charge in [-0.05, 0) is 12.8 Å². The topological polar surface area (TPSA) is 69.7 Å². The van der Waals surface area contributed by atoms with E-state index in [1.165, 1.54) is 0 Å². The van der Waals surface area contributed by atoms with Crippen molar-refractivity contribution < 1.29 is 13.2 Å². The van der Waals surface area contributed by atoms with Gasteiger partial charge in [0.2, 0.25) is 5.91 Å². The van der Waals surface area contributed by atoms with Crippen LogP contribution >= 0.6 is 0 Å². The third-order valence-corrected chi connectivity index (χ3v) is 6.16. The van der Waals surface area contributed by atoms with Crippen LogP contribution in [-0.2, 0) is 14.6 Å². The second-order valence-electron chi connectivity index (χ2n) is 5.72. The number of nitrogens with zero attached hydrogens (tertiary/aromatic N) is 2. The van der Waals surface area contributed by atoms with Crippen LogP contribution < -0.4 is 5.32 Å². The number of piperidine rings is 1. The number of hydrogen-bond acceptors (Lipinski definition) is 5. The summed E-state index contributed by atoms with van der Waals surface area (Å²) < 4.78 is 22.9. The van der Waals surface area contributed by atoms with Crippen LogP contribution in [0.5, 0.6) is 0 Å². The molecule has 0 aliphatic carbocycles. The number of amides is 1. The molecule has 0 bridgehead atoms. The molecule has 0 saturated carbocycles. The molecule has 7 heteroatoms. The Bertz CT molecular complexity index is 451. The summed E-state index contributed by atoms with van der Waals surface area (Å²) in [5, 5.41) is 2.91. The van der Waals surface area contributed by atoms with Crippen LogP contribution in [0.1, 0.15) is 12.8 Å². The number of hydrogen-bond donors (Lipinski definition) is 1. The Morgan fingerprint density at radius 3 is 2.53 bits per heavy atom. The summed E-state index contributed by atoms with van der Waals surface area (Å²) in [6.07, 6.45) is 1.88. The molecule has 3 aliphatic rings. The molecule has 3 rings (SSSR count). The van der Waals surface area contributed by atoms with Crippen LogP contribution in [0, 0.1) is 0 Å². The number of nitrogens with one attached hydrogen (secondary N) is 1. The molecule has 0 aromatic carbocycles. The zero-order valence-corrected chi connectivity index (χ0v) is 11.9. The highest BCUT2D eigenvalue weighted by Gasteiger charge is 2.38. The summed E-state index contributed by atoms with van der Waals surface area (Å²) in [4.78, 5) is 16.3. The van der Waals surface area contributed by atoms with E-state index in [0.717, 1.165) is 32.5 Å². The van der Waals surface area contributed by atoms with Gasteiger partial charge in [-0.1, -0.05) is 0 Å². The number of fused-ring (bicyclic) bond motifs is 1. The van der Waals surface area contributed by atoms with Crippen molar-refractivity contribution in [2.45, 2.75) is 24.9 Å². The smallest absolute Gasteiger partial charge is 0.237 e. The van der Waals surface area contributed by atoms with E-state index >= 15 is 0 Å². The Hall–Kier alpha value is -0.660. The summed E-state index contributed by atoms with van der Waals surface area (Å²) in [7, 11) is -2.81. The van der Waals surface area contributed by atoms with Crippen LogP contribution in [0.3, 0.4) is 0 Å². The maximum Gasteiger partial charge on any atom is 0.237 e. The minimum atomic E-state index is -2.81. The quantitative estimate of drug-likeness (QED) is 0.648. The third kappa shape index (κ3) is 2.78. The first kappa shape index (κ1) is 13.3. The predicted molar refractivity (Wildman–Crippen MR) is 71.6 cm³/mol.